The number of fused-ring (bicyclic) bond motifs is 1. The molecular weight excluding hydrogens is 288 g/mol. The van der Waals surface area contributed by atoms with Gasteiger partial charge in [-0.15, -0.1) is 0 Å². The number of hydrogen-bond acceptors (Lipinski definition) is 4. The Morgan fingerprint density at radius 2 is 2.26 bits per heavy atom. The smallest absolute Gasteiger partial charge is 0.259 e. The molecule has 0 atom stereocenters. The number of pyridine rings is 1. The zero-order valence-corrected chi connectivity index (χ0v) is 11.4. The van der Waals surface area contributed by atoms with Gasteiger partial charge in [-0.25, -0.2) is 18.1 Å². The minimum absolute atomic E-state index is 0.0704. The lowest BCUT2D eigenvalue weighted by Crippen LogP contribution is -2.26. The summed E-state index contributed by atoms with van der Waals surface area (Å²) in [4.78, 5) is 3.98. The third kappa shape index (κ3) is 2.87. The lowest BCUT2D eigenvalue weighted by Gasteiger charge is -2.05. The second-order valence-corrected chi connectivity index (χ2v) is 5.84. The van der Waals surface area contributed by atoms with E-state index in [2.05, 4.69) is 9.71 Å². The minimum atomic E-state index is -3.75. The number of nitrogens with one attached hydrogen (secondary N) is 1. The van der Waals surface area contributed by atoms with Gasteiger partial charge < -0.3 is 0 Å². The zero-order valence-electron chi connectivity index (χ0n) is 9.88. The molecule has 2 rings (SSSR count). The van der Waals surface area contributed by atoms with Crippen LogP contribution in [0.4, 0.5) is 0 Å². The molecule has 0 aromatic carbocycles. The molecule has 0 radical (unpaired) electrons. The monoisotopic (exact) mass is 298 g/mol. The van der Waals surface area contributed by atoms with E-state index in [1.165, 1.54) is 4.40 Å². The molecule has 100 valence electrons. The highest BCUT2D eigenvalue weighted by Crippen LogP contribution is 2.22. The van der Waals surface area contributed by atoms with Gasteiger partial charge in [0, 0.05) is 19.2 Å². The Bertz CT molecular complexity index is 733. The Hall–Kier alpha value is -1.62. The van der Waals surface area contributed by atoms with Crippen molar-refractivity contribution in [1.29, 1.82) is 5.26 Å². The van der Waals surface area contributed by atoms with Crippen LogP contribution in [0.1, 0.15) is 12.8 Å². The molecule has 1 N–H and O–H groups in total. The van der Waals surface area contributed by atoms with E-state index in [9.17, 15) is 8.42 Å². The van der Waals surface area contributed by atoms with Crippen molar-refractivity contribution in [2.24, 2.45) is 0 Å². The number of nitriles is 1. The molecule has 2 aromatic heterocycles. The molecule has 0 bridgehead atoms. The van der Waals surface area contributed by atoms with Crippen LogP contribution in [0.5, 0.6) is 0 Å². The van der Waals surface area contributed by atoms with Crippen molar-refractivity contribution in [2.75, 3.05) is 6.54 Å². The maximum atomic E-state index is 12.2. The first-order valence-electron chi connectivity index (χ1n) is 5.55. The first-order chi connectivity index (χ1) is 9.06. The van der Waals surface area contributed by atoms with Crippen molar-refractivity contribution in [2.45, 2.75) is 17.9 Å². The molecule has 0 aliphatic carbocycles. The summed E-state index contributed by atoms with van der Waals surface area (Å²) in [5.41, 5.74) is 0.463. The molecule has 0 amide bonds. The van der Waals surface area contributed by atoms with Crippen molar-refractivity contribution < 1.29 is 8.42 Å². The highest BCUT2D eigenvalue weighted by molar-refractivity contribution is 7.89. The van der Waals surface area contributed by atoms with Gasteiger partial charge in [0.2, 0.25) is 0 Å². The van der Waals surface area contributed by atoms with Crippen molar-refractivity contribution in [3.8, 4) is 6.07 Å². The molecule has 0 aliphatic rings. The van der Waals surface area contributed by atoms with E-state index in [0.29, 0.717) is 18.5 Å². The summed E-state index contributed by atoms with van der Waals surface area (Å²) < 4.78 is 28.1. The van der Waals surface area contributed by atoms with Gasteiger partial charge in [0.05, 0.1) is 6.07 Å². The van der Waals surface area contributed by atoms with Crippen LogP contribution in [0.25, 0.3) is 5.65 Å². The van der Waals surface area contributed by atoms with Gasteiger partial charge >= 0.3 is 0 Å². The quantitative estimate of drug-likeness (QED) is 0.849. The lowest BCUT2D eigenvalue weighted by molar-refractivity contribution is 0.574. The lowest BCUT2D eigenvalue weighted by atomic mass is 10.3. The molecule has 0 aliphatic heterocycles. The Morgan fingerprint density at radius 1 is 1.47 bits per heavy atom. The average Bonchev–Trinajstić information content (AvgIpc) is 2.71. The summed E-state index contributed by atoms with van der Waals surface area (Å²) in [6.45, 7) is 0.187. The second kappa shape index (κ2) is 5.57. The molecule has 0 saturated carbocycles. The summed E-state index contributed by atoms with van der Waals surface area (Å²) in [5, 5.41) is 8.25. The number of nitrogens with zero attached hydrogens (tertiary/aromatic N) is 3. The van der Waals surface area contributed by atoms with Crippen LogP contribution in [0.2, 0.25) is 5.15 Å². The molecule has 0 unspecified atom stereocenters. The van der Waals surface area contributed by atoms with Crippen molar-refractivity contribution in [3.63, 3.8) is 0 Å². The summed E-state index contributed by atoms with van der Waals surface area (Å²) in [6.07, 6.45) is 2.32. The normalized spacial score (nSPS) is 11.6. The van der Waals surface area contributed by atoms with E-state index < -0.39 is 10.0 Å². The van der Waals surface area contributed by atoms with Gasteiger partial charge in [-0.05, 0) is 18.6 Å². The largest absolute Gasteiger partial charge is 0.288 e. The Labute approximate surface area is 115 Å². The fourth-order valence-corrected chi connectivity index (χ4v) is 3.34. The predicted octanol–water partition coefficient (Wildman–Crippen LogP) is 1.57. The van der Waals surface area contributed by atoms with E-state index in [4.69, 9.17) is 16.9 Å². The van der Waals surface area contributed by atoms with Gasteiger partial charge in [0.25, 0.3) is 10.0 Å². The summed E-state index contributed by atoms with van der Waals surface area (Å²) >= 11 is 5.89. The third-order valence-electron chi connectivity index (χ3n) is 2.46. The Balaban J connectivity index is 2.33. The van der Waals surface area contributed by atoms with Gasteiger partial charge in [0.15, 0.2) is 10.2 Å². The van der Waals surface area contributed by atoms with E-state index >= 15 is 0 Å². The van der Waals surface area contributed by atoms with Crippen LogP contribution in [-0.2, 0) is 10.0 Å². The molecule has 2 heterocycles. The van der Waals surface area contributed by atoms with Gasteiger partial charge in [-0.2, -0.15) is 5.26 Å². The fraction of sp³-hybridized carbons (Fsp3) is 0.273. The third-order valence-corrected chi connectivity index (χ3v) is 4.32. The van der Waals surface area contributed by atoms with E-state index in [0.717, 1.165) is 0 Å². The van der Waals surface area contributed by atoms with Gasteiger partial charge in [-0.1, -0.05) is 17.7 Å². The Kier molecular flexibility index (Phi) is 4.04. The number of rotatable bonds is 5. The number of sulfonamides is 1. The number of aromatic nitrogens is 2. The maximum Gasteiger partial charge on any atom is 0.259 e. The SMILES string of the molecule is N#CCCCNS(=O)(=O)c1c(Cl)nc2ccccn12. The molecule has 0 fully saturated rings. The van der Waals surface area contributed by atoms with Crippen molar-refractivity contribution in [3.05, 3.63) is 29.5 Å². The fourth-order valence-electron chi connectivity index (χ4n) is 1.63. The Morgan fingerprint density at radius 3 is 3.00 bits per heavy atom. The van der Waals surface area contributed by atoms with Crippen LogP contribution in [0, 0.1) is 11.3 Å². The second-order valence-electron chi connectivity index (χ2n) is 3.80. The van der Waals surface area contributed by atoms with E-state index in [1.807, 2.05) is 6.07 Å². The van der Waals surface area contributed by atoms with E-state index in [-0.39, 0.29) is 16.7 Å². The van der Waals surface area contributed by atoms with Crippen molar-refractivity contribution in [1.82, 2.24) is 14.1 Å². The molecule has 0 saturated heterocycles. The molecule has 0 spiro atoms. The maximum absolute atomic E-state index is 12.2. The number of halogens is 1. The number of imidazole rings is 1. The number of unbranched alkanes of at least 4 members (excludes halogenated alkanes) is 1. The molecule has 8 heteroatoms. The molecule has 19 heavy (non-hydrogen) atoms. The molecule has 6 nitrogen and oxygen atoms in total. The minimum Gasteiger partial charge on any atom is -0.288 e. The highest BCUT2D eigenvalue weighted by atomic mass is 35.5. The number of hydrogen-bond donors (Lipinski definition) is 1. The molecule has 2 aromatic rings. The first kappa shape index (κ1) is 13.8. The van der Waals surface area contributed by atoms with Gasteiger partial charge in [0.1, 0.15) is 5.65 Å². The van der Waals surface area contributed by atoms with Crippen LogP contribution < -0.4 is 4.72 Å². The summed E-state index contributed by atoms with van der Waals surface area (Å²) in [6, 6.07) is 7.06. The van der Waals surface area contributed by atoms with Gasteiger partial charge in [-0.3, -0.25) is 4.40 Å². The van der Waals surface area contributed by atoms with E-state index in [1.54, 1.807) is 24.4 Å². The van der Waals surface area contributed by atoms with Crippen LogP contribution in [0.15, 0.2) is 29.4 Å². The zero-order chi connectivity index (χ0) is 13.9. The van der Waals surface area contributed by atoms with Crippen LogP contribution in [-0.4, -0.2) is 24.3 Å². The average molecular weight is 299 g/mol. The summed E-state index contributed by atoms with van der Waals surface area (Å²) in [5.74, 6) is 0. The standard InChI is InChI=1S/C11H11ClN4O2S/c12-10-11(16-8-4-1-5-9(16)15-10)19(17,18)14-7-3-2-6-13/h1,4-5,8,14H,2-3,7H2. The topological polar surface area (TPSA) is 87.3 Å². The van der Waals surface area contributed by atoms with Crippen molar-refractivity contribution >= 4 is 27.3 Å². The molecular formula is C11H11ClN4O2S. The highest BCUT2D eigenvalue weighted by Gasteiger charge is 2.23. The first-order valence-corrected chi connectivity index (χ1v) is 7.41. The summed E-state index contributed by atoms with van der Waals surface area (Å²) in [7, 11) is -3.75. The van der Waals surface area contributed by atoms with Crippen LogP contribution in [0.3, 0.4) is 0 Å². The van der Waals surface area contributed by atoms with Crippen LogP contribution >= 0.6 is 11.6 Å². The predicted molar refractivity (Wildman–Crippen MR) is 70.2 cm³/mol.